The fourth-order valence-electron chi connectivity index (χ4n) is 2.56. The Bertz CT molecular complexity index is 1220. The summed E-state index contributed by atoms with van der Waals surface area (Å²) in [5.41, 5.74) is 1.89. The fourth-order valence-corrected chi connectivity index (χ4v) is 3.75. The number of amidine groups is 1. The molecule has 0 bridgehead atoms. The molecule has 0 spiro atoms. The summed E-state index contributed by atoms with van der Waals surface area (Å²) in [6, 6.07) is 20.7. The molecule has 0 radical (unpaired) electrons. The van der Waals surface area contributed by atoms with E-state index in [1.54, 1.807) is 42.5 Å². The summed E-state index contributed by atoms with van der Waals surface area (Å²) in [5, 5.41) is 16.5. The van der Waals surface area contributed by atoms with Crippen LogP contribution in [0.1, 0.15) is 11.1 Å². The second-order valence-corrected chi connectivity index (χ2v) is 8.49. The van der Waals surface area contributed by atoms with Crippen LogP contribution in [0.4, 0.5) is 11.4 Å². The van der Waals surface area contributed by atoms with Gasteiger partial charge in [-0.2, -0.15) is 8.42 Å². The van der Waals surface area contributed by atoms with Crippen LogP contribution >= 0.6 is 12.2 Å². The van der Waals surface area contributed by atoms with Gasteiger partial charge in [0, 0.05) is 23.4 Å². The molecule has 0 atom stereocenters. The molecule has 3 aromatic carbocycles. The minimum absolute atomic E-state index is 0.0422. The van der Waals surface area contributed by atoms with Crippen molar-refractivity contribution in [3.05, 3.63) is 100 Å². The average molecular weight is 455 g/mol. The van der Waals surface area contributed by atoms with E-state index < -0.39 is 14.9 Å². The number of sulfonamides is 1. The summed E-state index contributed by atoms with van der Waals surface area (Å²) in [6.45, 7) is 1.86. The highest BCUT2D eigenvalue weighted by Gasteiger charge is 2.16. The SMILES string of the molecule is Cc1ccc(S(=O)(=O)/N=C(/NC(=S)Nc2ccc([N+](=O)[O-])cc2)c2ccccc2)cc1. The first kappa shape index (κ1) is 22.1. The number of hydrogen-bond donors (Lipinski definition) is 2. The Balaban J connectivity index is 1.87. The van der Waals surface area contributed by atoms with Crippen molar-refractivity contribution < 1.29 is 13.3 Å². The maximum Gasteiger partial charge on any atom is 0.284 e. The lowest BCUT2D eigenvalue weighted by atomic mass is 10.2. The predicted molar refractivity (Wildman–Crippen MR) is 124 cm³/mol. The third-order valence-electron chi connectivity index (χ3n) is 4.15. The smallest absolute Gasteiger partial charge is 0.284 e. The van der Waals surface area contributed by atoms with Crippen LogP contribution in [0.2, 0.25) is 0 Å². The van der Waals surface area contributed by atoms with E-state index in [0.29, 0.717) is 11.3 Å². The van der Waals surface area contributed by atoms with Crippen LogP contribution in [0.25, 0.3) is 0 Å². The van der Waals surface area contributed by atoms with E-state index in [4.69, 9.17) is 12.2 Å². The largest absolute Gasteiger partial charge is 0.332 e. The van der Waals surface area contributed by atoms with Crippen LogP contribution < -0.4 is 10.6 Å². The zero-order chi connectivity index (χ0) is 22.4. The number of aryl methyl sites for hydroxylation is 1. The number of nitrogens with zero attached hydrogens (tertiary/aromatic N) is 2. The monoisotopic (exact) mass is 454 g/mol. The van der Waals surface area contributed by atoms with Gasteiger partial charge in [0.25, 0.3) is 15.7 Å². The van der Waals surface area contributed by atoms with Crippen molar-refractivity contribution in [2.45, 2.75) is 11.8 Å². The van der Waals surface area contributed by atoms with Crippen molar-refractivity contribution in [1.82, 2.24) is 5.32 Å². The molecule has 0 fully saturated rings. The number of benzene rings is 3. The van der Waals surface area contributed by atoms with Crippen LogP contribution in [0.3, 0.4) is 0 Å². The zero-order valence-electron chi connectivity index (χ0n) is 16.3. The highest BCUT2D eigenvalue weighted by Crippen LogP contribution is 2.16. The van der Waals surface area contributed by atoms with Crippen molar-refractivity contribution in [3.8, 4) is 0 Å². The van der Waals surface area contributed by atoms with Crippen LogP contribution in [0, 0.1) is 17.0 Å². The Morgan fingerprint density at radius 3 is 2.16 bits per heavy atom. The minimum atomic E-state index is -3.99. The van der Waals surface area contributed by atoms with E-state index in [1.807, 2.05) is 6.92 Å². The summed E-state index contributed by atoms with van der Waals surface area (Å²) in [4.78, 5) is 10.3. The summed E-state index contributed by atoms with van der Waals surface area (Å²) >= 11 is 5.29. The topological polar surface area (TPSA) is 114 Å². The van der Waals surface area contributed by atoms with E-state index in [-0.39, 0.29) is 21.5 Å². The highest BCUT2D eigenvalue weighted by atomic mass is 32.2. The number of rotatable bonds is 5. The first-order valence-corrected chi connectivity index (χ1v) is 10.9. The van der Waals surface area contributed by atoms with Crippen LogP contribution in [-0.2, 0) is 10.0 Å². The van der Waals surface area contributed by atoms with Gasteiger partial charge in [-0.1, -0.05) is 48.0 Å². The molecule has 0 amide bonds. The number of nitrogens with one attached hydrogen (secondary N) is 2. The number of thiocarbonyl (C=S) groups is 1. The average Bonchev–Trinajstić information content (AvgIpc) is 2.74. The Kier molecular flexibility index (Phi) is 6.73. The Hall–Kier alpha value is -3.63. The third kappa shape index (κ3) is 5.93. The molecule has 31 heavy (non-hydrogen) atoms. The van der Waals surface area contributed by atoms with E-state index in [0.717, 1.165) is 5.56 Å². The number of non-ortho nitro benzene ring substituents is 1. The fraction of sp³-hybridized carbons (Fsp3) is 0.0476. The van der Waals surface area contributed by atoms with Gasteiger partial charge in [-0.05, 0) is 43.4 Å². The van der Waals surface area contributed by atoms with Gasteiger partial charge in [-0.3, -0.25) is 10.1 Å². The summed E-state index contributed by atoms with van der Waals surface area (Å²) in [7, 11) is -3.99. The highest BCUT2D eigenvalue weighted by molar-refractivity contribution is 7.90. The molecule has 3 aromatic rings. The van der Waals surface area contributed by atoms with Crippen molar-refractivity contribution in [3.63, 3.8) is 0 Å². The molecule has 158 valence electrons. The molecule has 0 saturated carbocycles. The molecule has 0 aromatic heterocycles. The number of nitro groups is 1. The van der Waals surface area contributed by atoms with Crippen LogP contribution in [-0.4, -0.2) is 24.3 Å². The van der Waals surface area contributed by atoms with Gasteiger partial charge in [0.2, 0.25) is 0 Å². The first-order valence-electron chi connectivity index (χ1n) is 9.04. The normalized spacial score (nSPS) is 11.6. The lowest BCUT2D eigenvalue weighted by Crippen LogP contribution is -2.35. The number of nitro benzene ring substituents is 1. The van der Waals surface area contributed by atoms with Crippen molar-refractivity contribution in [2.24, 2.45) is 4.40 Å². The summed E-state index contributed by atoms with van der Waals surface area (Å²) < 4.78 is 29.6. The van der Waals surface area contributed by atoms with Crippen molar-refractivity contribution in [2.75, 3.05) is 5.32 Å². The van der Waals surface area contributed by atoms with Gasteiger partial charge in [-0.25, -0.2) is 0 Å². The Morgan fingerprint density at radius 1 is 0.968 bits per heavy atom. The number of hydrogen-bond acceptors (Lipinski definition) is 5. The van der Waals surface area contributed by atoms with Crippen molar-refractivity contribution in [1.29, 1.82) is 0 Å². The van der Waals surface area contributed by atoms with Crippen LogP contribution in [0.15, 0.2) is 88.2 Å². The maximum absolute atomic E-state index is 12.8. The van der Waals surface area contributed by atoms with Gasteiger partial charge in [0.05, 0.1) is 9.82 Å². The molecule has 0 aliphatic carbocycles. The van der Waals surface area contributed by atoms with E-state index >= 15 is 0 Å². The molecule has 3 rings (SSSR count). The van der Waals surface area contributed by atoms with Gasteiger partial charge >= 0.3 is 0 Å². The molecular weight excluding hydrogens is 436 g/mol. The zero-order valence-corrected chi connectivity index (χ0v) is 18.0. The van der Waals surface area contributed by atoms with Gasteiger partial charge in [0.15, 0.2) is 10.9 Å². The van der Waals surface area contributed by atoms with E-state index in [9.17, 15) is 18.5 Å². The summed E-state index contributed by atoms with van der Waals surface area (Å²) in [6.07, 6.45) is 0. The minimum Gasteiger partial charge on any atom is -0.332 e. The molecular formula is C21H18N4O4S2. The molecule has 8 nitrogen and oxygen atoms in total. The Labute approximate surface area is 184 Å². The standard InChI is InChI=1S/C21H18N4O4S2/c1-15-7-13-19(14-8-15)31(28,29)24-20(16-5-3-2-4-6-16)23-21(30)22-17-9-11-18(12-10-17)25(26)27/h2-14H,1H3,(H2,22,23,24,30). The van der Waals surface area contributed by atoms with Gasteiger partial charge < -0.3 is 10.6 Å². The quantitative estimate of drug-likeness (QED) is 0.197. The van der Waals surface area contributed by atoms with Gasteiger partial charge in [-0.15, -0.1) is 4.40 Å². The lowest BCUT2D eigenvalue weighted by Gasteiger charge is -2.13. The number of anilines is 1. The summed E-state index contributed by atoms with van der Waals surface area (Å²) in [5.74, 6) is 0.0422. The molecule has 0 aliphatic heterocycles. The molecule has 0 unspecified atom stereocenters. The molecule has 0 heterocycles. The third-order valence-corrected chi connectivity index (χ3v) is 5.64. The molecule has 10 heteroatoms. The lowest BCUT2D eigenvalue weighted by molar-refractivity contribution is -0.384. The van der Waals surface area contributed by atoms with Gasteiger partial charge in [0.1, 0.15) is 0 Å². The molecule has 0 saturated heterocycles. The van der Waals surface area contributed by atoms with Crippen molar-refractivity contribution >= 4 is 44.6 Å². The predicted octanol–water partition coefficient (Wildman–Crippen LogP) is 4.03. The second kappa shape index (κ2) is 9.45. The van der Waals surface area contributed by atoms with E-state index in [1.165, 1.54) is 36.4 Å². The maximum atomic E-state index is 12.8. The first-order chi connectivity index (χ1) is 14.7. The van der Waals surface area contributed by atoms with Crippen LogP contribution in [0.5, 0.6) is 0 Å². The molecule has 2 N–H and O–H groups in total. The van der Waals surface area contributed by atoms with E-state index in [2.05, 4.69) is 15.0 Å². The Morgan fingerprint density at radius 2 is 1.58 bits per heavy atom. The molecule has 0 aliphatic rings. The second-order valence-electron chi connectivity index (χ2n) is 6.48.